The summed E-state index contributed by atoms with van der Waals surface area (Å²) in [6, 6.07) is 1.84. The number of furan rings is 1. The molecule has 3 heteroatoms. The maximum absolute atomic E-state index is 12.2. The molecule has 15 heavy (non-hydrogen) atoms. The Bertz CT molecular complexity index is 511. The van der Waals surface area contributed by atoms with Crippen molar-refractivity contribution in [1.82, 2.24) is 4.57 Å². The zero-order valence-electron chi connectivity index (χ0n) is 9.50. The van der Waals surface area contributed by atoms with Gasteiger partial charge in [0.05, 0.1) is 12.0 Å². The molecule has 0 saturated heterocycles. The van der Waals surface area contributed by atoms with Gasteiger partial charge in [-0.05, 0) is 6.07 Å². The van der Waals surface area contributed by atoms with Crippen LogP contribution in [0.1, 0.15) is 31.3 Å². The van der Waals surface area contributed by atoms with Crippen molar-refractivity contribution in [3.8, 4) is 0 Å². The Morgan fingerprint density at radius 3 is 2.67 bits per heavy atom. The number of nitrogens with zero attached hydrogens (tertiary/aromatic N) is 1. The summed E-state index contributed by atoms with van der Waals surface area (Å²) in [5.74, 6) is 0.140. The van der Waals surface area contributed by atoms with Crippen LogP contribution in [0.25, 0.3) is 11.0 Å². The minimum atomic E-state index is -0.365. The van der Waals surface area contributed by atoms with E-state index in [2.05, 4.69) is 0 Å². The molecule has 0 aliphatic carbocycles. The average Bonchev–Trinajstić information content (AvgIpc) is 2.60. The second-order valence-corrected chi connectivity index (χ2v) is 4.87. The molecule has 0 bridgehead atoms. The molecule has 0 spiro atoms. The topological polar surface area (TPSA) is 35.1 Å². The van der Waals surface area contributed by atoms with Gasteiger partial charge in [-0.1, -0.05) is 20.8 Å². The van der Waals surface area contributed by atoms with Crippen molar-refractivity contribution in [3.05, 3.63) is 24.2 Å². The Morgan fingerprint density at radius 1 is 1.40 bits per heavy atom. The van der Waals surface area contributed by atoms with Crippen molar-refractivity contribution >= 4 is 16.8 Å². The number of carbonyl (C=O) groups excluding carboxylic acids is 1. The van der Waals surface area contributed by atoms with Crippen molar-refractivity contribution in [2.75, 3.05) is 0 Å². The van der Waals surface area contributed by atoms with Gasteiger partial charge in [-0.2, -0.15) is 0 Å². The third-order valence-corrected chi connectivity index (χ3v) is 2.51. The molecule has 0 unspecified atom stereocenters. The van der Waals surface area contributed by atoms with Gasteiger partial charge in [-0.15, -0.1) is 0 Å². The predicted octanol–water partition coefficient (Wildman–Crippen LogP) is 3.00. The zero-order valence-corrected chi connectivity index (χ0v) is 9.50. The number of aromatic nitrogens is 1. The molecule has 0 saturated carbocycles. The monoisotopic (exact) mass is 205 g/mol. The molecule has 2 aromatic rings. The lowest BCUT2D eigenvalue weighted by atomic mass is 9.88. The quantitative estimate of drug-likeness (QED) is 0.671. The third-order valence-electron chi connectivity index (χ3n) is 2.51. The van der Waals surface area contributed by atoms with Crippen molar-refractivity contribution in [3.63, 3.8) is 0 Å². The van der Waals surface area contributed by atoms with Gasteiger partial charge in [0.25, 0.3) is 0 Å². The van der Waals surface area contributed by atoms with Gasteiger partial charge in [0.1, 0.15) is 0 Å². The second-order valence-electron chi connectivity index (χ2n) is 4.87. The van der Waals surface area contributed by atoms with E-state index < -0.39 is 0 Å². The van der Waals surface area contributed by atoms with Crippen LogP contribution in [0, 0.1) is 5.41 Å². The Kier molecular flexibility index (Phi) is 2.00. The standard InChI is InChI=1S/C12H15NO2/c1-12(2,3)11(14)10-8-5-6-15-9(8)7-13(10)4/h5-7H,1-4H3. The molecule has 0 aliphatic rings. The number of hydrogen-bond donors (Lipinski definition) is 0. The number of Topliss-reactive ketones (excluding diaryl/α,β-unsaturated/α-hetero) is 1. The summed E-state index contributed by atoms with van der Waals surface area (Å²) >= 11 is 0. The fourth-order valence-corrected chi connectivity index (χ4v) is 1.68. The van der Waals surface area contributed by atoms with Crippen molar-refractivity contribution in [1.29, 1.82) is 0 Å². The largest absolute Gasteiger partial charge is 0.463 e. The van der Waals surface area contributed by atoms with E-state index >= 15 is 0 Å². The van der Waals surface area contributed by atoms with Crippen LogP contribution >= 0.6 is 0 Å². The molecule has 0 fully saturated rings. The van der Waals surface area contributed by atoms with Crippen LogP contribution in [-0.4, -0.2) is 10.4 Å². The van der Waals surface area contributed by atoms with E-state index in [0.717, 1.165) is 16.7 Å². The molecule has 0 aliphatic heterocycles. The van der Waals surface area contributed by atoms with Gasteiger partial charge in [0, 0.05) is 24.0 Å². The highest BCUT2D eigenvalue weighted by Gasteiger charge is 2.27. The number of aryl methyl sites for hydroxylation is 1. The molecule has 0 amide bonds. The number of rotatable bonds is 1. The van der Waals surface area contributed by atoms with Gasteiger partial charge < -0.3 is 8.98 Å². The maximum atomic E-state index is 12.2. The summed E-state index contributed by atoms with van der Waals surface area (Å²) < 4.78 is 7.10. The van der Waals surface area contributed by atoms with Crippen LogP contribution in [0.2, 0.25) is 0 Å². The zero-order chi connectivity index (χ0) is 11.2. The minimum absolute atomic E-state index is 0.140. The molecular weight excluding hydrogens is 190 g/mol. The van der Waals surface area contributed by atoms with Crippen LogP contribution < -0.4 is 0 Å². The Labute approximate surface area is 88.7 Å². The van der Waals surface area contributed by atoms with Crippen LogP contribution in [0.15, 0.2) is 22.9 Å². The van der Waals surface area contributed by atoms with Crippen molar-refractivity contribution in [2.45, 2.75) is 20.8 Å². The van der Waals surface area contributed by atoms with Gasteiger partial charge in [-0.3, -0.25) is 4.79 Å². The van der Waals surface area contributed by atoms with E-state index in [1.54, 1.807) is 6.26 Å². The smallest absolute Gasteiger partial charge is 0.185 e. The Hall–Kier alpha value is -1.51. The van der Waals surface area contributed by atoms with Crippen LogP contribution in [-0.2, 0) is 7.05 Å². The maximum Gasteiger partial charge on any atom is 0.185 e. The van der Waals surface area contributed by atoms with Crippen LogP contribution in [0.3, 0.4) is 0 Å². The predicted molar refractivity (Wildman–Crippen MR) is 59.0 cm³/mol. The first-order chi connectivity index (χ1) is 6.91. The van der Waals surface area contributed by atoms with E-state index in [0.29, 0.717) is 0 Å². The summed E-state index contributed by atoms with van der Waals surface area (Å²) in [6.07, 6.45) is 3.46. The molecule has 0 radical (unpaired) electrons. The number of carbonyl (C=O) groups is 1. The fraction of sp³-hybridized carbons (Fsp3) is 0.417. The summed E-state index contributed by atoms with van der Waals surface area (Å²) in [5.41, 5.74) is 1.13. The minimum Gasteiger partial charge on any atom is -0.463 e. The molecule has 80 valence electrons. The Morgan fingerprint density at radius 2 is 2.07 bits per heavy atom. The molecule has 2 heterocycles. The SMILES string of the molecule is Cn1cc2occc2c1C(=O)C(C)(C)C. The fourth-order valence-electron chi connectivity index (χ4n) is 1.68. The molecule has 0 N–H and O–H groups in total. The van der Waals surface area contributed by atoms with E-state index in [4.69, 9.17) is 4.42 Å². The van der Waals surface area contributed by atoms with Crippen molar-refractivity contribution in [2.24, 2.45) is 12.5 Å². The summed E-state index contributed by atoms with van der Waals surface area (Å²) in [5, 5.41) is 0.900. The molecule has 2 aromatic heterocycles. The number of ketones is 1. The molecule has 0 aromatic carbocycles. The number of hydrogen-bond acceptors (Lipinski definition) is 2. The summed E-state index contributed by atoms with van der Waals surface area (Å²) in [6.45, 7) is 5.77. The highest BCUT2D eigenvalue weighted by molar-refractivity contribution is 6.08. The molecule has 2 rings (SSSR count). The van der Waals surface area contributed by atoms with E-state index in [9.17, 15) is 4.79 Å². The van der Waals surface area contributed by atoms with Crippen LogP contribution in [0.4, 0.5) is 0 Å². The normalized spacial score (nSPS) is 12.3. The lowest BCUT2D eigenvalue weighted by Gasteiger charge is -2.16. The van der Waals surface area contributed by atoms with Crippen molar-refractivity contribution < 1.29 is 9.21 Å². The summed E-state index contributed by atoms with van der Waals surface area (Å²) in [4.78, 5) is 12.2. The molecular formula is C12H15NO2. The van der Waals surface area contributed by atoms with Gasteiger partial charge in [-0.25, -0.2) is 0 Å². The highest BCUT2D eigenvalue weighted by atomic mass is 16.3. The van der Waals surface area contributed by atoms with E-state index in [1.807, 2.05) is 44.6 Å². The first-order valence-electron chi connectivity index (χ1n) is 4.98. The molecule has 3 nitrogen and oxygen atoms in total. The van der Waals surface area contributed by atoms with Crippen LogP contribution in [0.5, 0.6) is 0 Å². The lowest BCUT2D eigenvalue weighted by molar-refractivity contribution is 0.0851. The first kappa shape index (κ1) is 10.0. The van der Waals surface area contributed by atoms with Gasteiger partial charge in [0.2, 0.25) is 0 Å². The Balaban J connectivity index is 2.64. The van der Waals surface area contributed by atoms with Gasteiger partial charge in [0.15, 0.2) is 11.4 Å². The van der Waals surface area contributed by atoms with E-state index in [1.165, 1.54) is 0 Å². The number of fused-ring (bicyclic) bond motifs is 1. The molecule has 0 atom stereocenters. The van der Waals surface area contributed by atoms with Gasteiger partial charge >= 0.3 is 0 Å². The highest BCUT2D eigenvalue weighted by Crippen LogP contribution is 2.28. The van der Waals surface area contributed by atoms with E-state index in [-0.39, 0.29) is 11.2 Å². The second kappa shape index (κ2) is 2.99. The average molecular weight is 205 g/mol. The summed E-state index contributed by atoms with van der Waals surface area (Å²) in [7, 11) is 1.87. The lowest BCUT2D eigenvalue weighted by Crippen LogP contribution is -2.22. The first-order valence-corrected chi connectivity index (χ1v) is 4.98. The third kappa shape index (κ3) is 1.48.